The molecule has 0 N–H and O–H groups in total. The normalized spacial score (nSPS) is 11.3. The Kier molecular flexibility index (Phi) is 5.09. The zero-order valence-electron chi connectivity index (χ0n) is 16.5. The molecule has 2 aromatic heterocycles. The summed E-state index contributed by atoms with van der Waals surface area (Å²) in [7, 11) is 1.68. The topological polar surface area (TPSA) is 39.4 Å². The number of imidazole rings is 1. The predicted molar refractivity (Wildman–Crippen MR) is 116 cm³/mol. The van der Waals surface area contributed by atoms with Crippen LogP contribution in [-0.2, 0) is 0 Å². The molecule has 0 saturated heterocycles. The van der Waals surface area contributed by atoms with E-state index in [0.29, 0.717) is 11.0 Å². The van der Waals surface area contributed by atoms with Gasteiger partial charge in [0, 0.05) is 33.2 Å². The standard InChI is InChI=1S/C23H23N3OS/c1-15(2)28-20-11-7-18(8-12-20)22-21(17-5-9-19(27-4)10-6-17)25-23-24-16(3)13-14-26(22)23/h5-15H,1-4H3. The molecule has 0 saturated carbocycles. The van der Waals surface area contributed by atoms with Gasteiger partial charge >= 0.3 is 0 Å². The predicted octanol–water partition coefficient (Wildman–Crippen LogP) is 5.88. The molecule has 5 heteroatoms. The quantitative estimate of drug-likeness (QED) is 0.400. The molecule has 28 heavy (non-hydrogen) atoms. The van der Waals surface area contributed by atoms with E-state index in [1.54, 1.807) is 7.11 Å². The Bertz CT molecular complexity index is 1100. The molecule has 0 bridgehead atoms. The highest BCUT2D eigenvalue weighted by atomic mass is 32.2. The molecule has 0 fully saturated rings. The van der Waals surface area contributed by atoms with Crippen molar-refractivity contribution < 1.29 is 4.74 Å². The van der Waals surface area contributed by atoms with E-state index in [4.69, 9.17) is 9.72 Å². The van der Waals surface area contributed by atoms with Gasteiger partial charge < -0.3 is 4.74 Å². The van der Waals surface area contributed by atoms with Gasteiger partial charge in [0.2, 0.25) is 5.78 Å². The summed E-state index contributed by atoms with van der Waals surface area (Å²) >= 11 is 1.87. The van der Waals surface area contributed by atoms with Crippen LogP contribution >= 0.6 is 11.8 Å². The summed E-state index contributed by atoms with van der Waals surface area (Å²) < 4.78 is 7.37. The maximum absolute atomic E-state index is 5.30. The SMILES string of the molecule is COc1ccc(-c2nc3nc(C)ccn3c2-c2ccc(SC(C)C)cc2)cc1. The Morgan fingerprint density at radius 2 is 1.57 bits per heavy atom. The molecule has 142 valence electrons. The zero-order chi connectivity index (χ0) is 19.7. The fraction of sp³-hybridized carbons (Fsp3) is 0.217. The van der Waals surface area contributed by atoms with Crippen LogP contribution in [-0.4, -0.2) is 26.7 Å². The lowest BCUT2D eigenvalue weighted by atomic mass is 10.0. The average molecular weight is 390 g/mol. The number of thioether (sulfide) groups is 1. The molecule has 0 aliphatic carbocycles. The van der Waals surface area contributed by atoms with Crippen LogP contribution in [0.25, 0.3) is 28.3 Å². The van der Waals surface area contributed by atoms with E-state index in [1.165, 1.54) is 4.90 Å². The van der Waals surface area contributed by atoms with Crippen molar-refractivity contribution in [2.45, 2.75) is 30.9 Å². The van der Waals surface area contributed by atoms with Gasteiger partial charge in [0.05, 0.1) is 18.5 Å². The molecule has 4 nitrogen and oxygen atoms in total. The van der Waals surface area contributed by atoms with Crippen molar-refractivity contribution in [3.63, 3.8) is 0 Å². The molecule has 4 rings (SSSR count). The minimum absolute atomic E-state index is 0.559. The monoisotopic (exact) mass is 389 g/mol. The lowest BCUT2D eigenvalue weighted by molar-refractivity contribution is 0.415. The minimum Gasteiger partial charge on any atom is -0.497 e. The van der Waals surface area contributed by atoms with Crippen LogP contribution in [0.2, 0.25) is 0 Å². The smallest absolute Gasteiger partial charge is 0.235 e. The molecule has 0 aliphatic heterocycles. The Labute approximate surface area is 169 Å². The lowest BCUT2D eigenvalue weighted by Crippen LogP contribution is -1.93. The van der Waals surface area contributed by atoms with E-state index < -0.39 is 0 Å². The van der Waals surface area contributed by atoms with Crippen LogP contribution in [0.5, 0.6) is 5.75 Å². The maximum atomic E-state index is 5.30. The Hall–Kier alpha value is -2.79. The second-order valence-corrected chi connectivity index (χ2v) is 8.62. The van der Waals surface area contributed by atoms with Crippen molar-refractivity contribution in [2.24, 2.45) is 0 Å². The highest BCUT2D eigenvalue weighted by Gasteiger charge is 2.17. The van der Waals surface area contributed by atoms with Crippen molar-refractivity contribution in [3.8, 4) is 28.3 Å². The number of benzene rings is 2. The summed E-state index contributed by atoms with van der Waals surface area (Å²) in [5.41, 5.74) is 5.09. The number of ether oxygens (including phenoxy) is 1. The second-order valence-electron chi connectivity index (χ2n) is 6.97. The van der Waals surface area contributed by atoms with Gasteiger partial charge in [-0.05, 0) is 49.4 Å². The zero-order valence-corrected chi connectivity index (χ0v) is 17.3. The van der Waals surface area contributed by atoms with Gasteiger partial charge in [-0.1, -0.05) is 26.0 Å². The number of rotatable bonds is 5. The lowest BCUT2D eigenvalue weighted by Gasteiger charge is -2.09. The van der Waals surface area contributed by atoms with E-state index in [1.807, 2.05) is 55.2 Å². The number of aromatic nitrogens is 3. The largest absolute Gasteiger partial charge is 0.497 e. The molecule has 0 amide bonds. The van der Waals surface area contributed by atoms with E-state index in [0.717, 1.165) is 34.0 Å². The van der Waals surface area contributed by atoms with Gasteiger partial charge in [0.15, 0.2) is 0 Å². The van der Waals surface area contributed by atoms with Gasteiger partial charge in [-0.3, -0.25) is 4.40 Å². The molecule has 4 aromatic rings. The molecule has 2 aromatic carbocycles. The molecular formula is C23H23N3OS. The molecule has 0 radical (unpaired) electrons. The van der Waals surface area contributed by atoms with E-state index in [-0.39, 0.29) is 0 Å². The summed E-state index contributed by atoms with van der Waals surface area (Å²) in [6.07, 6.45) is 2.05. The number of methoxy groups -OCH3 is 1. The number of fused-ring (bicyclic) bond motifs is 1. The summed E-state index contributed by atoms with van der Waals surface area (Å²) in [6.45, 7) is 6.40. The van der Waals surface area contributed by atoms with E-state index in [9.17, 15) is 0 Å². The molecule has 0 spiro atoms. The fourth-order valence-corrected chi connectivity index (χ4v) is 4.05. The molecule has 2 heterocycles. The first-order chi connectivity index (χ1) is 13.5. The minimum atomic E-state index is 0.559. The van der Waals surface area contributed by atoms with Crippen LogP contribution in [0.15, 0.2) is 65.7 Å². The second kappa shape index (κ2) is 7.68. The highest BCUT2D eigenvalue weighted by Crippen LogP contribution is 2.34. The Balaban J connectivity index is 1.87. The highest BCUT2D eigenvalue weighted by molar-refractivity contribution is 7.99. The van der Waals surface area contributed by atoms with Gasteiger partial charge in [-0.2, -0.15) is 0 Å². The van der Waals surface area contributed by atoms with Gasteiger partial charge in [0.25, 0.3) is 0 Å². The number of nitrogens with zero attached hydrogens (tertiary/aromatic N) is 3. The van der Waals surface area contributed by atoms with Crippen LogP contribution in [0.4, 0.5) is 0 Å². The number of aryl methyl sites for hydroxylation is 1. The maximum Gasteiger partial charge on any atom is 0.235 e. The van der Waals surface area contributed by atoms with Crippen molar-refractivity contribution >= 4 is 17.5 Å². The molecule has 0 aliphatic rings. The third-order valence-electron chi connectivity index (χ3n) is 4.50. The molecule has 0 atom stereocenters. The van der Waals surface area contributed by atoms with Gasteiger partial charge in [0.1, 0.15) is 5.75 Å². The van der Waals surface area contributed by atoms with E-state index in [2.05, 4.69) is 47.5 Å². The summed E-state index contributed by atoms with van der Waals surface area (Å²) in [4.78, 5) is 10.7. The third-order valence-corrected chi connectivity index (χ3v) is 5.51. The van der Waals surface area contributed by atoms with Crippen molar-refractivity contribution in [3.05, 3.63) is 66.5 Å². The summed E-state index contributed by atoms with van der Waals surface area (Å²) in [6, 6.07) is 18.7. The van der Waals surface area contributed by atoms with Crippen molar-refractivity contribution in [1.29, 1.82) is 0 Å². The first-order valence-electron chi connectivity index (χ1n) is 9.32. The Morgan fingerprint density at radius 3 is 2.21 bits per heavy atom. The Morgan fingerprint density at radius 1 is 0.893 bits per heavy atom. The fourth-order valence-electron chi connectivity index (χ4n) is 3.21. The van der Waals surface area contributed by atoms with Gasteiger partial charge in [-0.15, -0.1) is 11.8 Å². The first-order valence-corrected chi connectivity index (χ1v) is 10.2. The van der Waals surface area contributed by atoms with Crippen molar-refractivity contribution in [1.82, 2.24) is 14.4 Å². The average Bonchev–Trinajstić information content (AvgIpc) is 3.06. The summed E-state index contributed by atoms with van der Waals surface area (Å²) in [5.74, 6) is 1.54. The molecule has 0 unspecified atom stereocenters. The van der Waals surface area contributed by atoms with Gasteiger partial charge in [-0.25, -0.2) is 9.97 Å². The van der Waals surface area contributed by atoms with Crippen LogP contribution < -0.4 is 4.74 Å². The van der Waals surface area contributed by atoms with Crippen LogP contribution in [0.3, 0.4) is 0 Å². The van der Waals surface area contributed by atoms with E-state index >= 15 is 0 Å². The summed E-state index contributed by atoms with van der Waals surface area (Å²) in [5, 5.41) is 0.559. The van der Waals surface area contributed by atoms with Crippen molar-refractivity contribution in [2.75, 3.05) is 7.11 Å². The molecular weight excluding hydrogens is 366 g/mol. The van der Waals surface area contributed by atoms with Crippen LogP contribution in [0.1, 0.15) is 19.5 Å². The third kappa shape index (κ3) is 3.62. The van der Waals surface area contributed by atoms with Crippen LogP contribution in [0, 0.1) is 6.92 Å². The number of hydrogen-bond acceptors (Lipinski definition) is 4. The first kappa shape index (κ1) is 18.6. The number of hydrogen-bond donors (Lipinski definition) is 0.